The molecule has 1 rings (SSSR count). The zero-order valence-corrected chi connectivity index (χ0v) is 12.7. The highest BCUT2D eigenvalue weighted by Gasteiger charge is 2.02. The molecule has 4 heteroatoms. The van der Waals surface area contributed by atoms with Gasteiger partial charge in [0.1, 0.15) is 5.75 Å². The molecule has 0 saturated heterocycles. The second kappa shape index (κ2) is 8.25. The molecule has 0 radical (unpaired) electrons. The van der Waals surface area contributed by atoms with Crippen molar-refractivity contribution in [2.45, 2.75) is 27.2 Å². The van der Waals surface area contributed by atoms with E-state index >= 15 is 0 Å². The summed E-state index contributed by atoms with van der Waals surface area (Å²) >= 11 is 0. The molecule has 4 nitrogen and oxygen atoms in total. The first-order valence-corrected chi connectivity index (χ1v) is 6.88. The Morgan fingerprint density at radius 2 is 2.00 bits per heavy atom. The zero-order chi connectivity index (χ0) is 15.0. The Hall–Kier alpha value is -1.97. The number of hydrogen-bond donors (Lipinski definition) is 2. The van der Waals surface area contributed by atoms with Crippen molar-refractivity contribution < 1.29 is 4.74 Å². The van der Waals surface area contributed by atoms with E-state index in [1.807, 2.05) is 13.0 Å². The molecule has 20 heavy (non-hydrogen) atoms. The van der Waals surface area contributed by atoms with Crippen LogP contribution in [-0.4, -0.2) is 25.7 Å². The van der Waals surface area contributed by atoms with Crippen LogP contribution in [0.25, 0.3) is 0 Å². The van der Waals surface area contributed by atoms with E-state index in [-0.39, 0.29) is 0 Å². The Bertz CT molecular complexity index is 460. The van der Waals surface area contributed by atoms with Gasteiger partial charge in [-0.25, -0.2) is 4.99 Å². The normalized spacial score (nSPS) is 11.2. The summed E-state index contributed by atoms with van der Waals surface area (Å²) in [5.74, 6) is 1.44. The molecular weight excluding hydrogens is 250 g/mol. The second-order valence-corrected chi connectivity index (χ2v) is 5.01. The monoisotopic (exact) mass is 275 g/mol. The highest BCUT2D eigenvalue weighted by atomic mass is 16.5. The summed E-state index contributed by atoms with van der Waals surface area (Å²) in [5, 5.41) is 3.06. The SMILES string of the molecule is C=C(C)CN=C(N)NCCCOc1c(C)cccc1C. The van der Waals surface area contributed by atoms with Gasteiger partial charge in [-0.1, -0.05) is 30.4 Å². The second-order valence-electron chi connectivity index (χ2n) is 5.01. The molecule has 0 amide bonds. The Morgan fingerprint density at radius 1 is 1.35 bits per heavy atom. The molecule has 0 aliphatic rings. The lowest BCUT2D eigenvalue weighted by Crippen LogP contribution is -2.33. The van der Waals surface area contributed by atoms with Crippen LogP contribution in [0.1, 0.15) is 24.5 Å². The fourth-order valence-corrected chi connectivity index (χ4v) is 1.77. The van der Waals surface area contributed by atoms with Gasteiger partial charge < -0.3 is 15.8 Å². The van der Waals surface area contributed by atoms with Crippen LogP contribution in [0.3, 0.4) is 0 Å². The third-order valence-electron chi connectivity index (χ3n) is 2.80. The molecule has 110 valence electrons. The Labute approximate surface area is 121 Å². The number of hydrogen-bond acceptors (Lipinski definition) is 2. The maximum absolute atomic E-state index is 5.81. The highest BCUT2D eigenvalue weighted by molar-refractivity contribution is 5.77. The smallest absolute Gasteiger partial charge is 0.188 e. The number of rotatable bonds is 7. The number of guanidine groups is 1. The van der Waals surface area contributed by atoms with Crippen LogP contribution in [0.5, 0.6) is 5.75 Å². The molecule has 0 atom stereocenters. The summed E-state index contributed by atoms with van der Waals surface area (Å²) in [6.07, 6.45) is 0.872. The summed E-state index contributed by atoms with van der Waals surface area (Å²) in [6.45, 7) is 11.8. The van der Waals surface area contributed by atoms with Gasteiger partial charge in [0.25, 0.3) is 0 Å². The molecule has 0 fully saturated rings. The largest absolute Gasteiger partial charge is 0.493 e. The summed E-state index contributed by atoms with van der Waals surface area (Å²) in [4.78, 5) is 4.15. The number of nitrogens with one attached hydrogen (secondary N) is 1. The van der Waals surface area contributed by atoms with Gasteiger partial charge >= 0.3 is 0 Å². The van der Waals surface area contributed by atoms with Gasteiger partial charge in [-0.15, -0.1) is 0 Å². The minimum Gasteiger partial charge on any atom is -0.493 e. The van der Waals surface area contributed by atoms with Crippen molar-refractivity contribution in [2.24, 2.45) is 10.7 Å². The molecule has 0 spiro atoms. The van der Waals surface area contributed by atoms with Crippen molar-refractivity contribution in [1.29, 1.82) is 0 Å². The Morgan fingerprint density at radius 3 is 2.60 bits per heavy atom. The van der Waals surface area contributed by atoms with E-state index in [2.05, 4.69) is 42.9 Å². The standard InChI is InChI=1S/C16H25N3O/c1-12(2)11-19-16(17)18-9-6-10-20-15-13(3)7-5-8-14(15)4/h5,7-8H,1,6,9-11H2,2-4H3,(H3,17,18,19). The van der Waals surface area contributed by atoms with E-state index in [1.54, 1.807) is 0 Å². The lowest BCUT2D eigenvalue weighted by molar-refractivity contribution is 0.307. The minimum atomic E-state index is 0.458. The number of aryl methyl sites for hydroxylation is 2. The first-order chi connectivity index (χ1) is 9.50. The summed E-state index contributed by atoms with van der Waals surface area (Å²) < 4.78 is 5.81. The predicted molar refractivity (Wildman–Crippen MR) is 85.3 cm³/mol. The summed E-state index contributed by atoms with van der Waals surface area (Å²) in [6, 6.07) is 6.16. The van der Waals surface area contributed by atoms with Gasteiger partial charge in [0.2, 0.25) is 0 Å². The minimum absolute atomic E-state index is 0.458. The Balaban J connectivity index is 2.26. The molecule has 0 bridgehead atoms. The van der Waals surface area contributed by atoms with Crippen LogP contribution in [0.2, 0.25) is 0 Å². The summed E-state index contributed by atoms with van der Waals surface area (Å²) in [7, 11) is 0. The Kier molecular flexibility index (Phi) is 6.64. The zero-order valence-electron chi connectivity index (χ0n) is 12.7. The van der Waals surface area contributed by atoms with Crippen LogP contribution in [0.15, 0.2) is 35.3 Å². The fourth-order valence-electron chi connectivity index (χ4n) is 1.77. The van der Waals surface area contributed by atoms with Crippen molar-refractivity contribution in [3.05, 3.63) is 41.5 Å². The third kappa shape index (κ3) is 5.78. The molecule has 0 aliphatic heterocycles. The highest BCUT2D eigenvalue weighted by Crippen LogP contribution is 2.22. The predicted octanol–water partition coefficient (Wildman–Crippen LogP) is 2.55. The van der Waals surface area contributed by atoms with Gasteiger partial charge in [0.15, 0.2) is 5.96 Å². The number of para-hydroxylation sites is 1. The summed E-state index contributed by atoms with van der Waals surface area (Å²) in [5.41, 5.74) is 9.05. The third-order valence-corrected chi connectivity index (χ3v) is 2.80. The van der Waals surface area contributed by atoms with Gasteiger partial charge in [0, 0.05) is 6.54 Å². The molecular formula is C16H25N3O. The van der Waals surface area contributed by atoms with Gasteiger partial charge in [-0.2, -0.15) is 0 Å². The van der Waals surface area contributed by atoms with Gasteiger partial charge in [-0.3, -0.25) is 0 Å². The van der Waals surface area contributed by atoms with Gasteiger partial charge in [0.05, 0.1) is 13.2 Å². The van der Waals surface area contributed by atoms with E-state index in [0.717, 1.165) is 24.3 Å². The van der Waals surface area contributed by atoms with Crippen LogP contribution in [0.4, 0.5) is 0 Å². The van der Waals surface area contributed by atoms with Crippen LogP contribution in [0, 0.1) is 13.8 Å². The van der Waals surface area contributed by atoms with Crippen LogP contribution < -0.4 is 15.8 Å². The van der Waals surface area contributed by atoms with Crippen molar-refractivity contribution in [2.75, 3.05) is 19.7 Å². The number of nitrogens with zero attached hydrogens (tertiary/aromatic N) is 1. The number of ether oxygens (including phenoxy) is 1. The topological polar surface area (TPSA) is 59.6 Å². The maximum atomic E-state index is 5.81. The van der Waals surface area contributed by atoms with Crippen molar-refractivity contribution in [3.8, 4) is 5.75 Å². The fraction of sp³-hybridized carbons (Fsp3) is 0.438. The van der Waals surface area contributed by atoms with E-state index in [0.29, 0.717) is 19.1 Å². The average Bonchev–Trinajstić information content (AvgIpc) is 2.39. The molecule has 0 aliphatic carbocycles. The molecule has 1 aromatic carbocycles. The van der Waals surface area contributed by atoms with Crippen LogP contribution in [-0.2, 0) is 0 Å². The molecule has 3 N–H and O–H groups in total. The molecule has 0 heterocycles. The van der Waals surface area contributed by atoms with E-state index in [9.17, 15) is 0 Å². The van der Waals surface area contributed by atoms with Crippen molar-refractivity contribution >= 4 is 5.96 Å². The molecule has 0 aromatic heterocycles. The van der Waals surface area contributed by atoms with Crippen molar-refractivity contribution in [3.63, 3.8) is 0 Å². The number of benzene rings is 1. The average molecular weight is 275 g/mol. The number of nitrogens with two attached hydrogens (primary N) is 1. The molecule has 0 unspecified atom stereocenters. The van der Waals surface area contributed by atoms with E-state index < -0.39 is 0 Å². The van der Waals surface area contributed by atoms with E-state index in [1.165, 1.54) is 11.1 Å². The lowest BCUT2D eigenvalue weighted by Gasteiger charge is -2.12. The van der Waals surface area contributed by atoms with E-state index in [4.69, 9.17) is 10.5 Å². The lowest BCUT2D eigenvalue weighted by atomic mass is 10.1. The number of aliphatic imine (C=N–C) groups is 1. The first-order valence-electron chi connectivity index (χ1n) is 6.88. The molecule has 0 saturated carbocycles. The quantitative estimate of drug-likeness (QED) is 0.348. The van der Waals surface area contributed by atoms with Gasteiger partial charge in [-0.05, 0) is 38.3 Å². The maximum Gasteiger partial charge on any atom is 0.188 e. The van der Waals surface area contributed by atoms with Crippen LogP contribution >= 0.6 is 0 Å². The van der Waals surface area contributed by atoms with Crippen molar-refractivity contribution in [1.82, 2.24) is 5.32 Å². The first kappa shape index (κ1) is 16.1. The molecule has 1 aromatic rings.